The number of hydrogen-bond donors (Lipinski definition) is 1. The topological polar surface area (TPSA) is 27.7 Å². The maximum atomic E-state index is 6.11. The van der Waals surface area contributed by atoms with Crippen LogP contribution in [0.25, 0.3) is 0 Å². The molecule has 1 saturated heterocycles. The molecule has 0 atom stereocenters. The maximum absolute atomic E-state index is 6.11. The van der Waals surface area contributed by atoms with Gasteiger partial charge >= 0.3 is 0 Å². The van der Waals surface area contributed by atoms with Crippen LogP contribution >= 0.6 is 47.0 Å². The number of thiocarbonyl (C=S) groups is 1. The predicted molar refractivity (Wildman–Crippen MR) is 118 cm³/mol. The van der Waals surface area contributed by atoms with Gasteiger partial charge in [0.1, 0.15) is 5.75 Å². The van der Waals surface area contributed by atoms with Crippen molar-refractivity contribution in [3.63, 3.8) is 0 Å². The molecule has 1 N–H and O–H groups in total. The number of anilines is 1. The third-order valence-corrected chi connectivity index (χ3v) is 5.79. The van der Waals surface area contributed by atoms with E-state index >= 15 is 0 Å². The van der Waals surface area contributed by atoms with Crippen LogP contribution in [0.1, 0.15) is 5.56 Å². The van der Waals surface area contributed by atoms with Crippen LogP contribution in [0.3, 0.4) is 0 Å². The second-order valence-electron chi connectivity index (χ2n) is 6.29. The molecule has 2 aromatic carbocycles. The first-order valence-electron chi connectivity index (χ1n) is 8.52. The molecule has 0 unspecified atom stereocenters. The first-order valence-corrected chi connectivity index (χ1v) is 10.1. The van der Waals surface area contributed by atoms with Crippen LogP contribution in [-0.4, -0.2) is 48.2 Å². The Morgan fingerprint density at radius 1 is 1.04 bits per heavy atom. The quantitative estimate of drug-likeness (QED) is 0.657. The molecule has 1 aliphatic heterocycles. The molecule has 0 aliphatic carbocycles. The van der Waals surface area contributed by atoms with Gasteiger partial charge in [-0.05, 0) is 48.1 Å². The average Bonchev–Trinajstić information content (AvgIpc) is 2.65. The lowest BCUT2D eigenvalue weighted by Crippen LogP contribution is -2.49. The summed E-state index contributed by atoms with van der Waals surface area (Å²) in [5.74, 6) is 0.708. The maximum Gasteiger partial charge on any atom is 0.173 e. The predicted octanol–water partition coefficient (Wildman–Crippen LogP) is 5.17. The van der Waals surface area contributed by atoms with Crippen molar-refractivity contribution in [2.24, 2.45) is 0 Å². The van der Waals surface area contributed by atoms with Gasteiger partial charge in [-0.1, -0.05) is 40.9 Å². The SMILES string of the molecule is COc1ccc(Cl)cc1NC(=S)N1CCN(Cc2ccc(Cl)c(Cl)c2)CC1. The van der Waals surface area contributed by atoms with Gasteiger partial charge in [0.25, 0.3) is 0 Å². The van der Waals surface area contributed by atoms with E-state index < -0.39 is 0 Å². The van der Waals surface area contributed by atoms with Crippen molar-refractivity contribution in [1.82, 2.24) is 9.80 Å². The first kappa shape index (κ1) is 20.5. The molecule has 4 nitrogen and oxygen atoms in total. The number of nitrogens with zero attached hydrogens (tertiary/aromatic N) is 2. The Labute approximate surface area is 179 Å². The molecule has 27 heavy (non-hydrogen) atoms. The second kappa shape index (κ2) is 9.30. The van der Waals surface area contributed by atoms with Crippen LogP contribution in [0.5, 0.6) is 5.75 Å². The third kappa shape index (κ3) is 5.39. The molecule has 3 rings (SSSR count). The van der Waals surface area contributed by atoms with E-state index in [2.05, 4.69) is 15.1 Å². The van der Waals surface area contributed by atoms with Crippen molar-refractivity contribution in [2.45, 2.75) is 6.54 Å². The van der Waals surface area contributed by atoms with E-state index in [1.165, 1.54) is 0 Å². The van der Waals surface area contributed by atoms with Crippen LogP contribution in [0.2, 0.25) is 15.1 Å². The number of benzene rings is 2. The lowest BCUT2D eigenvalue weighted by Gasteiger charge is -2.36. The Kier molecular flexibility index (Phi) is 7.06. The van der Waals surface area contributed by atoms with E-state index in [1.807, 2.05) is 30.3 Å². The number of hydrogen-bond acceptors (Lipinski definition) is 3. The molecule has 0 amide bonds. The van der Waals surface area contributed by atoms with Crippen molar-refractivity contribution in [3.05, 3.63) is 57.0 Å². The fourth-order valence-corrected chi connectivity index (χ4v) is 3.76. The number of nitrogens with one attached hydrogen (secondary N) is 1. The smallest absolute Gasteiger partial charge is 0.173 e. The third-order valence-electron chi connectivity index (χ3n) is 4.45. The van der Waals surface area contributed by atoms with Gasteiger partial charge in [-0.15, -0.1) is 0 Å². The van der Waals surface area contributed by atoms with Gasteiger partial charge in [0.2, 0.25) is 0 Å². The molecule has 1 fully saturated rings. The first-order chi connectivity index (χ1) is 13.0. The highest BCUT2D eigenvalue weighted by Crippen LogP contribution is 2.28. The number of ether oxygens (including phenoxy) is 1. The van der Waals surface area contributed by atoms with E-state index in [4.69, 9.17) is 51.8 Å². The average molecular weight is 445 g/mol. The van der Waals surface area contributed by atoms with E-state index in [-0.39, 0.29) is 0 Å². The van der Waals surface area contributed by atoms with Crippen LogP contribution in [0, 0.1) is 0 Å². The van der Waals surface area contributed by atoms with Crippen molar-refractivity contribution in [3.8, 4) is 5.75 Å². The van der Waals surface area contributed by atoms with Crippen LogP contribution in [0.15, 0.2) is 36.4 Å². The van der Waals surface area contributed by atoms with Gasteiger partial charge < -0.3 is 15.0 Å². The number of rotatable bonds is 4. The highest BCUT2D eigenvalue weighted by molar-refractivity contribution is 7.80. The van der Waals surface area contributed by atoms with Gasteiger partial charge in [0.05, 0.1) is 22.8 Å². The normalized spacial score (nSPS) is 14.9. The molecule has 144 valence electrons. The molecule has 0 saturated carbocycles. The van der Waals surface area contributed by atoms with E-state index in [0.29, 0.717) is 25.9 Å². The molecule has 1 heterocycles. The summed E-state index contributed by atoms with van der Waals surface area (Å²) in [6.45, 7) is 4.35. The van der Waals surface area contributed by atoms with Crippen LogP contribution < -0.4 is 10.1 Å². The fraction of sp³-hybridized carbons (Fsp3) is 0.316. The summed E-state index contributed by atoms with van der Waals surface area (Å²) < 4.78 is 5.36. The van der Waals surface area contributed by atoms with Crippen molar-refractivity contribution in [1.29, 1.82) is 0 Å². The zero-order valence-corrected chi connectivity index (χ0v) is 17.9. The van der Waals surface area contributed by atoms with E-state index in [1.54, 1.807) is 13.2 Å². The minimum Gasteiger partial charge on any atom is -0.495 e. The minimum absolute atomic E-state index is 0.582. The molecule has 0 aromatic heterocycles. The van der Waals surface area contributed by atoms with Crippen molar-refractivity contribution >= 4 is 57.8 Å². The lowest BCUT2D eigenvalue weighted by molar-refractivity contribution is 0.177. The fourth-order valence-electron chi connectivity index (χ4n) is 2.98. The zero-order chi connectivity index (χ0) is 19.4. The summed E-state index contributed by atoms with van der Waals surface area (Å²) >= 11 is 23.7. The van der Waals surface area contributed by atoms with Gasteiger partial charge in [-0.3, -0.25) is 4.90 Å². The monoisotopic (exact) mass is 443 g/mol. The summed E-state index contributed by atoms with van der Waals surface area (Å²) in [5, 5.41) is 5.72. The van der Waals surface area contributed by atoms with Gasteiger partial charge in [-0.25, -0.2) is 0 Å². The minimum atomic E-state index is 0.582. The molecule has 2 aromatic rings. The molecule has 0 radical (unpaired) electrons. The summed E-state index contributed by atoms with van der Waals surface area (Å²) in [6.07, 6.45) is 0. The Morgan fingerprint density at radius 3 is 2.44 bits per heavy atom. The van der Waals surface area contributed by atoms with Gasteiger partial charge in [0, 0.05) is 37.7 Å². The van der Waals surface area contributed by atoms with Crippen LogP contribution in [-0.2, 0) is 6.54 Å². The second-order valence-corrected chi connectivity index (χ2v) is 7.92. The number of halogens is 3. The summed E-state index contributed by atoms with van der Waals surface area (Å²) in [5.41, 5.74) is 1.93. The van der Waals surface area contributed by atoms with Gasteiger partial charge in [-0.2, -0.15) is 0 Å². The molecular weight excluding hydrogens is 425 g/mol. The summed E-state index contributed by atoms with van der Waals surface area (Å²) in [4.78, 5) is 4.53. The number of piperazine rings is 1. The van der Waals surface area contributed by atoms with E-state index in [0.717, 1.165) is 44.0 Å². The van der Waals surface area contributed by atoms with Crippen molar-refractivity contribution < 1.29 is 4.74 Å². The Bertz CT molecular complexity index is 826. The molecular formula is C19H20Cl3N3OS. The number of methoxy groups -OCH3 is 1. The Balaban J connectivity index is 1.55. The van der Waals surface area contributed by atoms with Crippen molar-refractivity contribution in [2.75, 3.05) is 38.6 Å². The standard InChI is InChI=1S/C19H20Cl3N3OS/c1-26-18-5-3-14(20)11-17(18)23-19(27)25-8-6-24(7-9-25)12-13-2-4-15(21)16(22)10-13/h2-5,10-11H,6-9,12H2,1H3,(H,23,27). The molecule has 1 aliphatic rings. The summed E-state index contributed by atoms with van der Waals surface area (Å²) in [6, 6.07) is 11.2. The lowest BCUT2D eigenvalue weighted by atomic mass is 10.2. The van der Waals surface area contributed by atoms with Gasteiger partial charge in [0.15, 0.2) is 5.11 Å². The highest BCUT2D eigenvalue weighted by Gasteiger charge is 2.20. The Morgan fingerprint density at radius 2 is 1.78 bits per heavy atom. The molecule has 8 heteroatoms. The Hall–Kier alpha value is -1.24. The largest absolute Gasteiger partial charge is 0.495 e. The van der Waals surface area contributed by atoms with Crippen LogP contribution in [0.4, 0.5) is 5.69 Å². The summed E-state index contributed by atoms with van der Waals surface area (Å²) in [7, 11) is 1.62. The molecule has 0 spiro atoms. The molecule has 0 bridgehead atoms. The van der Waals surface area contributed by atoms with E-state index in [9.17, 15) is 0 Å². The zero-order valence-electron chi connectivity index (χ0n) is 14.8. The highest BCUT2D eigenvalue weighted by atomic mass is 35.5.